The van der Waals surface area contributed by atoms with E-state index in [1.165, 1.54) is 0 Å². The van der Waals surface area contributed by atoms with E-state index in [1.807, 2.05) is 50.2 Å². The maximum Gasteiger partial charge on any atom is 0.262 e. The molecule has 8 heteroatoms. The van der Waals surface area contributed by atoms with Crippen LogP contribution in [0.15, 0.2) is 54.6 Å². The molecule has 31 heavy (non-hydrogen) atoms. The van der Waals surface area contributed by atoms with E-state index in [0.717, 1.165) is 28.1 Å². The molecule has 0 aliphatic heterocycles. The number of fused-ring (bicyclic) bond motifs is 1. The molecule has 4 aromatic rings. The fourth-order valence-corrected chi connectivity index (χ4v) is 3.19. The number of methoxy groups -OCH3 is 1. The van der Waals surface area contributed by atoms with Crippen LogP contribution in [-0.2, 0) is 4.79 Å². The van der Waals surface area contributed by atoms with Gasteiger partial charge in [0, 0.05) is 10.7 Å². The van der Waals surface area contributed by atoms with Crippen molar-refractivity contribution >= 4 is 34.2 Å². The maximum atomic E-state index is 12.4. The average molecular weight is 437 g/mol. The SMILES string of the molecule is COc1ccc(-n2nc3cc(C)c(NC(=O)COc4ccc(Cl)c(C)c4)cc3n2)cc1. The fraction of sp³-hybridized carbons (Fsp3) is 0.174. The number of nitrogens with one attached hydrogen (secondary N) is 1. The first kappa shape index (κ1) is 20.7. The Balaban J connectivity index is 1.48. The molecular weight excluding hydrogens is 416 g/mol. The molecule has 0 spiro atoms. The number of carbonyl (C=O) groups excluding carboxylic acids is 1. The number of carbonyl (C=O) groups is 1. The summed E-state index contributed by atoms with van der Waals surface area (Å²) in [6.45, 7) is 3.68. The Morgan fingerprint density at radius 2 is 1.65 bits per heavy atom. The molecule has 0 saturated heterocycles. The molecule has 0 aliphatic carbocycles. The molecule has 158 valence electrons. The number of benzene rings is 3. The Bertz CT molecular complexity index is 1250. The van der Waals surface area contributed by atoms with Gasteiger partial charge in [-0.1, -0.05) is 11.6 Å². The number of anilines is 1. The number of aryl methyl sites for hydroxylation is 2. The van der Waals surface area contributed by atoms with E-state index < -0.39 is 0 Å². The first-order valence-electron chi connectivity index (χ1n) is 9.64. The van der Waals surface area contributed by atoms with Crippen LogP contribution in [0.1, 0.15) is 11.1 Å². The minimum Gasteiger partial charge on any atom is -0.497 e. The summed E-state index contributed by atoms with van der Waals surface area (Å²) in [6.07, 6.45) is 0. The highest BCUT2D eigenvalue weighted by atomic mass is 35.5. The minimum atomic E-state index is -0.266. The molecule has 1 amide bonds. The summed E-state index contributed by atoms with van der Waals surface area (Å²) in [6, 6.07) is 16.4. The highest BCUT2D eigenvalue weighted by Crippen LogP contribution is 2.24. The van der Waals surface area contributed by atoms with Gasteiger partial charge in [-0.3, -0.25) is 4.79 Å². The van der Waals surface area contributed by atoms with Crippen molar-refractivity contribution in [1.29, 1.82) is 0 Å². The molecule has 4 rings (SSSR count). The van der Waals surface area contributed by atoms with Crippen molar-refractivity contribution in [2.24, 2.45) is 0 Å². The van der Waals surface area contributed by atoms with E-state index in [2.05, 4.69) is 15.5 Å². The minimum absolute atomic E-state index is 0.114. The molecule has 0 unspecified atom stereocenters. The molecule has 0 saturated carbocycles. The molecule has 0 aliphatic rings. The third kappa shape index (κ3) is 4.62. The lowest BCUT2D eigenvalue weighted by Gasteiger charge is -2.10. The van der Waals surface area contributed by atoms with Crippen molar-refractivity contribution < 1.29 is 14.3 Å². The van der Waals surface area contributed by atoms with Crippen molar-refractivity contribution in [3.05, 3.63) is 70.7 Å². The molecule has 1 heterocycles. The largest absolute Gasteiger partial charge is 0.497 e. The van der Waals surface area contributed by atoms with Gasteiger partial charge in [-0.05, 0) is 79.6 Å². The molecule has 0 atom stereocenters. The van der Waals surface area contributed by atoms with Gasteiger partial charge in [0.05, 0.1) is 12.8 Å². The summed E-state index contributed by atoms with van der Waals surface area (Å²) in [5, 5.41) is 12.6. The number of amides is 1. The standard InChI is InChI=1S/C23H21ClN4O3/c1-14-10-18(8-9-19(14)24)31-13-23(29)25-20-12-22-21(11-15(20)2)26-28(27-22)16-4-6-17(30-3)7-5-16/h4-12H,13H2,1-3H3,(H,25,29). The van der Waals surface area contributed by atoms with Crippen LogP contribution >= 0.6 is 11.6 Å². The number of aromatic nitrogens is 3. The predicted octanol–water partition coefficient (Wildman–Crippen LogP) is 4.72. The average Bonchev–Trinajstić information content (AvgIpc) is 3.17. The van der Waals surface area contributed by atoms with Gasteiger partial charge in [-0.15, -0.1) is 10.2 Å². The first-order valence-corrected chi connectivity index (χ1v) is 10.0. The Labute approximate surface area is 184 Å². The summed E-state index contributed by atoms with van der Waals surface area (Å²) in [7, 11) is 1.62. The van der Waals surface area contributed by atoms with E-state index in [-0.39, 0.29) is 12.5 Å². The van der Waals surface area contributed by atoms with Crippen LogP contribution in [0, 0.1) is 13.8 Å². The summed E-state index contributed by atoms with van der Waals surface area (Å²) in [5.74, 6) is 1.08. The lowest BCUT2D eigenvalue weighted by atomic mass is 10.1. The van der Waals surface area contributed by atoms with Crippen LogP contribution in [-0.4, -0.2) is 34.6 Å². The van der Waals surface area contributed by atoms with Crippen LogP contribution in [0.2, 0.25) is 5.02 Å². The highest BCUT2D eigenvalue weighted by Gasteiger charge is 2.11. The number of halogens is 1. The second-order valence-electron chi connectivity index (χ2n) is 7.09. The zero-order chi connectivity index (χ0) is 22.0. The quantitative estimate of drug-likeness (QED) is 0.473. The lowest BCUT2D eigenvalue weighted by molar-refractivity contribution is -0.118. The summed E-state index contributed by atoms with van der Waals surface area (Å²) in [5.41, 5.74) is 4.65. The Kier molecular flexibility index (Phi) is 5.77. The monoisotopic (exact) mass is 436 g/mol. The number of hydrogen-bond acceptors (Lipinski definition) is 5. The highest BCUT2D eigenvalue weighted by molar-refractivity contribution is 6.31. The molecule has 1 N–H and O–H groups in total. The zero-order valence-electron chi connectivity index (χ0n) is 17.3. The molecule has 1 aromatic heterocycles. The van der Waals surface area contributed by atoms with E-state index >= 15 is 0 Å². The van der Waals surface area contributed by atoms with Gasteiger partial charge in [0.2, 0.25) is 0 Å². The summed E-state index contributed by atoms with van der Waals surface area (Å²) < 4.78 is 10.8. The lowest BCUT2D eigenvalue weighted by Crippen LogP contribution is -2.20. The number of hydrogen-bond donors (Lipinski definition) is 1. The second-order valence-corrected chi connectivity index (χ2v) is 7.50. The van der Waals surface area contributed by atoms with Crippen molar-refractivity contribution in [1.82, 2.24) is 15.0 Å². The number of ether oxygens (including phenoxy) is 2. The van der Waals surface area contributed by atoms with Gasteiger partial charge < -0.3 is 14.8 Å². The van der Waals surface area contributed by atoms with Gasteiger partial charge in [0.1, 0.15) is 22.5 Å². The third-order valence-corrected chi connectivity index (χ3v) is 5.23. The van der Waals surface area contributed by atoms with Crippen molar-refractivity contribution in [3.8, 4) is 17.2 Å². The van der Waals surface area contributed by atoms with Crippen LogP contribution in [0.25, 0.3) is 16.7 Å². The normalized spacial score (nSPS) is 10.8. The first-order chi connectivity index (χ1) is 14.9. The van der Waals surface area contributed by atoms with Gasteiger partial charge in [-0.25, -0.2) is 0 Å². The van der Waals surface area contributed by atoms with Crippen LogP contribution in [0.5, 0.6) is 11.5 Å². The Hall–Kier alpha value is -3.58. The molecule has 0 radical (unpaired) electrons. The summed E-state index contributed by atoms with van der Waals surface area (Å²) >= 11 is 6.02. The zero-order valence-corrected chi connectivity index (χ0v) is 18.1. The maximum absolute atomic E-state index is 12.4. The molecule has 7 nitrogen and oxygen atoms in total. The van der Waals surface area contributed by atoms with Crippen LogP contribution in [0.4, 0.5) is 5.69 Å². The van der Waals surface area contributed by atoms with Gasteiger partial charge in [0.15, 0.2) is 6.61 Å². The van der Waals surface area contributed by atoms with Crippen LogP contribution < -0.4 is 14.8 Å². The number of rotatable bonds is 6. The van der Waals surface area contributed by atoms with Gasteiger partial charge >= 0.3 is 0 Å². The van der Waals surface area contributed by atoms with E-state index in [1.54, 1.807) is 30.1 Å². The third-order valence-electron chi connectivity index (χ3n) is 4.80. The van der Waals surface area contributed by atoms with E-state index in [0.29, 0.717) is 22.0 Å². The fourth-order valence-electron chi connectivity index (χ4n) is 3.08. The van der Waals surface area contributed by atoms with Crippen LogP contribution in [0.3, 0.4) is 0 Å². The summed E-state index contributed by atoms with van der Waals surface area (Å²) in [4.78, 5) is 14.0. The van der Waals surface area contributed by atoms with Crippen molar-refractivity contribution in [2.75, 3.05) is 19.0 Å². The number of nitrogens with zero attached hydrogens (tertiary/aromatic N) is 3. The Morgan fingerprint density at radius 3 is 2.32 bits per heavy atom. The Morgan fingerprint density at radius 1 is 0.968 bits per heavy atom. The molecular formula is C23H21ClN4O3. The molecule has 3 aromatic carbocycles. The molecule has 0 bridgehead atoms. The van der Waals surface area contributed by atoms with E-state index in [9.17, 15) is 4.79 Å². The van der Waals surface area contributed by atoms with Crippen molar-refractivity contribution in [2.45, 2.75) is 13.8 Å². The predicted molar refractivity (Wildman–Crippen MR) is 120 cm³/mol. The smallest absolute Gasteiger partial charge is 0.262 e. The molecule has 0 fully saturated rings. The topological polar surface area (TPSA) is 78.3 Å². The van der Waals surface area contributed by atoms with Crippen molar-refractivity contribution in [3.63, 3.8) is 0 Å². The van der Waals surface area contributed by atoms with E-state index in [4.69, 9.17) is 21.1 Å². The second kappa shape index (κ2) is 8.65. The van der Waals surface area contributed by atoms with Gasteiger partial charge in [0.25, 0.3) is 5.91 Å². The van der Waals surface area contributed by atoms with Gasteiger partial charge in [-0.2, -0.15) is 4.80 Å².